The first kappa shape index (κ1) is 23.2. The molecule has 0 saturated carbocycles. The molecule has 0 radical (unpaired) electrons. The zero-order valence-corrected chi connectivity index (χ0v) is 18.9. The number of benzene rings is 3. The molecule has 1 aliphatic heterocycles. The highest BCUT2D eigenvalue weighted by molar-refractivity contribution is 6.46. The summed E-state index contributed by atoms with van der Waals surface area (Å²) in [6, 6.07) is 17.2. The van der Waals surface area contributed by atoms with Gasteiger partial charge in [-0.05, 0) is 60.4 Å². The van der Waals surface area contributed by atoms with Crippen LogP contribution in [0.1, 0.15) is 31.4 Å². The van der Waals surface area contributed by atoms with Crippen LogP contribution in [0, 0.1) is 11.6 Å². The topological polar surface area (TPSA) is 58.6 Å². The number of aryl methyl sites for hydroxylation is 1. The summed E-state index contributed by atoms with van der Waals surface area (Å²) in [5.41, 5.74) is 2.27. The Bertz CT molecular complexity index is 1250. The summed E-state index contributed by atoms with van der Waals surface area (Å²) in [6.45, 7) is 4.57. The van der Waals surface area contributed by atoms with E-state index >= 15 is 0 Å². The van der Waals surface area contributed by atoms with Crippen molar-refractivity contribution in [1.82, 2.24) is 0 Å². The van der Waals surface area contributed by atoms with Crippen LogP contribution in [0.15, 0.2) is 72.4 Å². The number of rotatable bonds is 8. The Morgan fingerprint density at radius 3 is 2.18 bits per heavy atom. The fraction of sp³-hybridized carbons (Fsp3) is 0.185. The van der Waals surface area contributed by atoms with E-state index in [1.54, 1.807) is 36.4 Å². The minimum absolute atomic E-state index is 0.0159. The van der Waals surface area contributed by atoms with Crippen molar-refractivity contribution < 1.29 is 23.1 Å². The maximum atomic E-state index is 13.8. The number of carbonyl (C=O) groups is 2. The summed E-state index contributed by atoms with van der Waals surface area (Å²) >= 11 is 0. The molecule has 0 unspecified atom stereocenters. The van der Waals surface area contributed by atoms with Crippen molar-refractivity contribution in [3.63, 3.8) is 0 Å². The molecule has 3 aromatic rings. The number of hydrogen-bond acceptors (Lipinski definition) is 4. The Balaban J connectivity index is 1.75. The van der Waals surface area contributed by atoms with Gasteiger partial charge >= 0.3 is 0 Å². The van der Waals surface area contributed by atoms with Crippen molar-refractivity contribution in [3.8, 4) is 5.75 Å². The number of ether oxygens (including phenoxy) is 1. The number of halogens is 2. The number of anilines is 2. The summed E-state index contributed by atoms with van der Waals surface area (Å²) in [5.74, 6) is -2.52. The number of nitrogens with zero attached hydrogens (tertiary/aromatic N) is 1. The van der Waals surface area contributed by atoms with E-state index in [1.807, 2.05) is 26.0 Å². The molecule has 0 bridgehead atoms. The van der Waals surface area contributed by atoms with E-state index in [2.05, 4.69) is 5.32 Å². The minimum Gasteiger partial charge on any atom is -0.494 e. The molecule has 4 rings (SSSR count). The maximum absolute atomic E-state index is 13.8. The van der Waals surface area contributed by atoms with Gasteiger partial charge in [0.2, 0.25) is 0 Å². The van der Waals surface area contributed by atoms with Crippen LogP contribution in [0.3, 0.4) is 0 Å². The molecule has 5 nitrogen and oxygen atoms in total. The quantitative estimate of drug-likeness (QED) is 0.436. The first-order valence-corrected chi connectivity index (χ1v) is 11.1. The van der Waals surface area contributed by atoms with Crippen LogP contribution < -0.4 is 15.0 Å². The third kappa shape index (κ3) is 4.55. The van der Waals surface area contributed by atoms with E-state index in [0.29, 0.717) is 23.6 Å². The molecule has 1 N–H and O–H groups in total. The molecule has 7 heteroatoms. The average molecular weight is 462 g/mol. The van der Waals surface area contributed by atoms with Gasteiger partial charge in [0.15, 0.2) is 11.6 Å². The van der Waals surface area contributed by atoms with Crippen molar-refractivity contribution in [2.24, 2.45) is 0 Å². The van der Waals surface area contributed by atoms with Crippen LogP contribution in [0.4, 0.5) is 20.2 Å². The molecule has 34 heavy (non-hydrogen) atoms. The van der Waals surface area contributed by atoms with Crippen molar-refractivity contribution in [2.75, 3.05) is 16.8 Å². The Kier molecular flexibility index (Phi) is 6.72. The van der Waals surface area contributed by atoms with E-state index in [0.717, 1.165) is 35.4 Å². The molecule has 2 amide bonds. The van der Waals surface area contributed by atoms with E-state index < -0.39 is 23.4 Å². The largest absolute Gasteiger partial charge is 0.494 e. The van der Waals surface area contributed by atoms with Gasteiger partial charge in [-0.25, -0.2) is 13.7 Å². The summed E-state index contributed by atoms with van der Waals surface area (Å²) < 4.78 is 32.8. The summed E-state index contributed by atoms with van der Waals surface area (Å²) in [4.78, 5) is 28.0. The van der Waals surface area contributed by atoms with Gasteiger partial charge in [0.1, 0.15) is 11.4 Å². The molecule has 0 fully saturated rings. The fourth-order valence-electron chi connectivity index (χ4n) is 3.68. The number of imide groups is 1. The van der Waals surface area contributed by atoms with E-state index in [4.69, 9.17) is 4.74 Å². The maximum Gasteiger partial charge on any atom is 0.282 e. The predicted molar refractivity (Wildman–Crippen MR) is 127 cm³/mol. The number of hydrogen-bond donors (Lipinski definition) is 1. The van der Waals surface area contributed by atoms with Crippen molar-refractivity contribution in [1.29, 1.82) is 0 Å². The normalized spacial score (nSPS) is 13.6. The fourth-order valence-corrected chi connectivity index (χ4v) is 3.68. The van der Waals surface area contributed by atoms with Gasteiger partial charge < -0.3 is 10.1 Å². The molecular formula is C27H24F2N2O3. The molecule has 174 valence electrons. The smallest absolute Gasteiger partial charge is 0.282 e. The summed E-state index contributed by atoms with van der Waals surface area (Å²) in [5, 5.41) is 2.84. The molecule has 0 aliphatic carbocycles. The first-order chi connectivity index (χ1) is 16.4. The molecule has 1 heterocycles. The van der Waals surface area contributed by atoms with Gasteiger partial charge in [0, 0.05) is 11.8 Å². The molecule has 0 spiro atoms. The van der Waals surface area contributed by atoms with E-state index in [-0.39, 0.29) is 17.0 Å². The Morgan fingerprint density at radius 2 is 1.56 bits per heavy atom. The SMILES string of the molecule is CCCOc1ccc(C2=C(Nc3ccc(F)c(F)c3)C(=O)N(c3ccc(CC)cc3)C2=O)cc1. The van der Waals surface area contributed by atoms with Crippen LogP contribution in [0.2, 0.25) is 0 Å². The lowest BCUT2D eigenvalue weighted by Gasteiger charge is -2.16. The number of carbonyl (C=O) groups excluding carboxylic acids is 2. The monoisotopic (exact) mass is 462 g/mol. The van der Waals surface area contributed by atoms with Gasteiger partial charge in [0.05, 0.1) is 17.9 Å². The van der Waals surface area contributed by atoms with Crippen LogP contribution in [0.25, 0.3) is 5.57 Å². The lowest BCUT2D eigenvalue weighted by atomic mass is 10.0. The van der Waals surface area contributed by atoms with E-state index in [1.165, 1.54) is 6.07 Å². The second-order valence-electron chi connectivity index (χ2n) is 7.84. The Hall–Kier alpha value is -4.00. The third-order valence-corrected chi connectivity index (χ3v) is 5.49. The van der Waals surface area contributed by atoms with Gasteiger partial charge in [-0.15, -0.1) is 0 Å². The molecule has 3 aromatic carbocycles. The van der Waals surface area contributed by atoms with Crippen molar-refractivity contribution >= 4 is 28.8 Å². The standard InChI is InChI=1S/C27H24F2N2O3/c1-3-15-34-21-12-7-18(8-13-21)24-25(30-19-9-14-22(28)23(29)16-19)27(33)31(26(24)32)20-10-5-17(4-2)6-11-20/h5-14,16,30H,3-4,15H2,1-2H3. The third-order valence-electron chi connectivity index (χ3n) is 5.49. The lowest BCUT2D eigenvalue weighted by Crippen LogP contribution is -2.32. The van der Waals surface area contributed by atoms with Crippen LogP contribution in [-0.4, -0.2) is 18.4 Å². The van der Waals surface area contributed by atoms with Gasteiger partial charge in [-0.2, -0.15) is 0 Å². The predicted octanol–water partition coefficient (Wildman–Crippen LogP) is 5.71. The molecular weight excluding hydrogens is 438 g/mol. The molecule has 0 saturated heterocycles. The van der Waals surface area contributed by atoms with E-state index in [9.17, 15) is 18.4 Å². The van der Waals surface area contributed by atoms with Crippen LogP contribution in [0.5, 0.6) is 5.75 Å². The minimum atomic E-state index is -1.06. The number of amides is 2. The van der Waals surface area contributed by atoms with Gasteiger partial charge in [0.25, 0.3) is 11.8 Å². The average Bonchev–Trinajstić information content (AvgIpc) is 3.09. The zero-order valence-electron chi connectivity index (χ0n) is 18.9. The highest BCUT2D eigenvalue weighted by Crippen LogP contribution is 2.34. The highest BCUT2D eigenvalue weighted by Gasteiger charge is 2.40. The van der Waals surface area contributed by atoms with Crippen LogP contribution >= 0.6 is 0 Å². The molecule has 0 atom stereocenters. The second kappa shape index (κ2) is 9.87. The van der Waals surface area contributed by atoms with Crippen molar-refractivity contribution in [3.05, 3.63) is 95.2 Å². The summed E-state index contributed by atoms with van der Waals surface area (Å²) in [6.07, 6.45) is 1.68. The number of nitrogens with one attached hydrogen (secondary N) is 1. The Morgan fingerprint density at radius 1 is 0.853 bits per heavy atom. The Labute approximate surface area is 196 Å². The molecule has 0 aromatic heterocycles. The lowest BCUT2D eigenvalue weighted by molar-refractivity contribution is -0.120. The first-order valence-electron chi connectivity index (χ1n) is 11.1. The second-order valence-corrected chi connectivity index (χ2v) is 7.84. The van der Waals surface area contributed by atoms with Crippen molar-refractivity contribution in [2.45, 2.75) is 26.7 Å². The van der Waals surface area contributed by atoms with Gasteiger partial charge in [-0.1, -0.05) is 38.1 Å². The van der Waals surface area contributed by atoms with Gasteiger partial charge in [-0.3, -0.25) is 9.59 Å². The molecule has 1 aliphatic rings. The zero-order chi connectivity index (χ0) is 24.2. The summed E-state index contributed by atoms with van der Waals surface area (Å²) in [7, 11) is 0. The van der Waals surface area contributed by atoms with Crippen LogP contribution in [-0.2, 0) is 16.0 Å². The highest BCUT2D eigenvalue weighted by atomic mass is 19.2.